The number of aliphatic carboxylic acids is 1. The number of carboxylic acids is 1. The van der Waals surface area contributed by atoms with Gasteiger partial charge in [0, 0.05) is 6.61 Å². The van der Waals surface area contributed by atoms with Crippen molar-refractivity contribution in [3.8, 4) is 11.5 Å². The van der Waals surface area contributed by atoms with Crippen molar-refractivity contribution in [2.45, 2.75) is 31.6 Å². The van der Waals surface area contributed by atoms with E-state index >= 15 is 0 Å². The topological polar surface area (TPSA) is 55.8 Å². The number of benzene rings is 2. The van der Waals surface area contributed by atoms with E-state index in [-0.39, 0.29) is 6.61 Å². The van der Waals surface area contributed by atoms with Crippen LogP contribution in [-0.4, -0.2) is 24.3 Å². The van der Waals surface area contributed by atoms with Gasteiger partial charge in [-0.05, 0) is 67.3 Å². The summed E-state index contributed by atoms with van der Waals surface area (Å²) < 4.78 is 11.0. The predicted molar refractivity (Wildman–Crippen MR) is 96.1 cm³/mol. The van der Waals surface area contributed by atoms with Gasteiger partial charge in [0.1, 0.15) is 18.1 Å². The van der Waals surface area contributed by atoms with Crippen LogP contribution in [-0.2, 0) is 9.53 Å². The molecule has 2 aromatic rings. The molecule has 1 saturated carbocycles. The molecule has 0 aliphatic heterocycles. The number of hydrogen-bond acceptors (Lipinski definition) is 3. The molecule has 0 radical (unpaired) electrons. The molecule has 0 unspecified atom stereocenters. The van der Waals surface area contributed by atoms with Gasteiger partial charge in [-0.15, -0.1) is 0 Å². The summed E-state index contributed by atoms with van der Waals surface area (Å²) in [7, 11) is 0. The molecule has 132 valence electrons. The van der Waals surface area contributed by atoms with Gasteiger partial charge in [-0.2, -0.15) is 0 Å². The Hall–Kier alpha value is -2.33. The number of ether oxygens (including phenoxy) is 2. The van der Waals surface area contributed by atoms with Crippen molar-refractivity contribution in [1.29, 1.82) is 0 Å². The third kappa shape index (κ3) is 5.33. The summed E-state index contributed by atoms with van der Waals surface area (Å²) in [6, 6.07) is 18.2. The van der Waals surface area contributed by atoms with Gasteiger partial charge in [0.25, 0.3) is 0 Å². The van der Waals surface area contributed by atoms with Crippen LogP contribution in [0.25, 0.3) is 0 Å². The standard InChI is InChI=1S/C21H24O4/c22-21(23)15-24-11-5-6-16-12-18(13-16)17-7-4-10-20(14-17)25-19-8-2-1-3-9-19/h1-4,7-10,14,16,18H,5-6,11-13,15H2,(H,22,23)/t16-,18+. The Kier molecular flexibility index (Phi) is 6.07. The van der Waals surface area contributed by atoms with Crippen LogP contribution >= 0.6 is 0 Å². The fourth-order valence-electron chi connectivity index (χ4n) is 3.33. The Bertz CT molecular complexity index is 677. The van der Waals surface area contributed by atoms with Gasteiger partial charge in [0.05, 0.1) is 0 Å². The zero-order chi connectivity index (χ0) is 17.5. The molecular weight excluding hydrogens is 316 g/mol. The summed E-state index contributed by atoms with van der Waals surface area (Å²) in [5, 5.41) is 8.52. The fourth-order valence-corrected chi connectivity index (χ4v) is 3.33. The molecule has 1 aliphatic carbocycles. The molecule has 1 aliphatic rings. The molecule has 25 heavy (non-hydrogen) atoms. The molecule has 0 spiro atoms. The van der Waals surface area contributed by atoms with Crippen molar-refractivity contribution in [2.75, 3.05) is 13.2 Å². The van der Waals surface area contributed by atoms with Gasteiger partial charge >= 0.3 is 5.97 Å². The molecule has 1 N–H and O–H groups in total. The van der Waals surface area contributed by atoms with Crippen molar-refractivity contribution < 1.29 is 19.4 Å². The van der Waals surface area contributed by atoms with Crippen molar-refractivity contribution in [3.63, 3.8) is 0 Å². The Morgan fingerprint density at radius 2 is 1.80 bits per heavy atom. The monoisotopic (exact) mass is 340 g/mol. The van der Waals surface area contributed by atoms with Crippen LogP contribution in [0.2, 0.25) is 0 Å². The van der Waals surface area contributed by atoms with E-state index in [4.69, 9.17) is 14.6 Å². The summed E-state index contributed by atoms with van der Waals surface area (Å²) >= 11 is 0. The Morgan fingerprint density at radius 1 is 1.04 bits per heavy atom. The van der Waals surface area contributed by atoms with Crippen molar-refractivity contribution in [2.24, 2.45) is 5.92 Å². The number of hydrogen-bond donors (Lipinski definition) is 1. The largest absolute Gasteiger partial charge is 0.480 e. The summed E-state index contributed by atoms with van der Waals surface area (Å²) in [5.41, 5.74) is 1.34. The second-order valence-corrected chi connectivity index (χ2v) is 6.61. The third-order valence-electron chi connectivity index (χ3n) is 4.67. The van der Waals surface area contributed by atoms with E-state index in [2.05, 4.69) is 18.2 Å². The fraction of sp³-hybridized carbons (Fsp3) is 0.381. The van der Waals surface area contributed by atoms with Crippen LogP contribution < -0.4 is 4.74 Å². The summed E-state index contributed by atoms with van der Waals surface area (Å²) in [4.78, 5) is 10.4. The molecule has 4 heteroatoms. The molecule has 2 aromatic carbocycles. The van der Waals surface area contributed by atoms with E-state index in [1.807, 2.05) is 36.4 Å². The lowest BCUT2D eigenvalue weighted by Crippen LogP contribution is -2.22. The summed E-state index contributed by atoms with van der Waals surface area (Å²) in [5.74, 6) is 2.16. The number of carboxylic acid groups (broad SMARTS) is 1. The first-order chi connectivity index (χ1) is 12.2. The van der Waals surface area contributed by atoms with Crippen LogP contribution in [0.1, 0.15) is 37.2 Å². The first-order valence-electron chi connectivity index (χ1n) is 8.83. The average molecular weight is 340 g/mol. The van der Waals surface area contributed by atoms with E-state index in [1.165, 1.54) is 18.4 Å². The van der Waals surface area contributed by atoms with E-state index in [0.29, 0.717) is 12.5 Å². The third-order valence-corrected chi connectivity index (χ3v) is 4.67. The van der Waals surface area contributed by atoms with Gasteiger partial charge in [-0.25, -0.2) is 4.79 Å². The van der Waals surface area contributed by atoms with Crippen LogP contribution in [0.3, 0.4) is 0 Å². The smallest absolute Gasteiger partial charge is 0.329 e. The van der Waals surface area contributed by atoms with Crippen LogP contribution in [0.4, 0.5) is 0 Å². The Morgan fingerprint density at radius 3 is 2.56 bits per heavy atom. The normalized spacial score (nSPS) is 19.2. The van der Waals surface area contributed by atoms with Crippen molar-refractivity contribution in [1.82, 2.24) is 0 Å². The quantitative estimate of drug-likeness (QED) is 0.663. The molecule has 0 amide bonds. The molecule has 0 heterocycles. The lowest BCUT2D eigenvalue weighted by Gasteiger charge is -2.36. The maximum Gasteiger partial charge on any atom is 0.329 e. The highest BCUT2D eigenvalue weighted by molar-refractivity contribution is 5.67. The molecule has 1 fully saturated rings. The van der Waals surface area contributed by atoms with E-state index in [9.17, 15) is 4.79 Å². The first-order valence-corrected chi connectivity index (χ1v) is 8.83. The maximum absolute atomic E-state index is 10.4. The number of para-hydroxylation sites is 1. The van der Waals surface area contributed by atoms with Crippen molar-refractivity contribution >= 4 is 5.97 Å². The highest BCUT2D eigenvalue weighted by atomic mass is 16.5. The molecule has 0 atom stereocenters. The number of rotatable bonds is 9. The van der Waals surface area contributed by atoms with Gasteiger partial charge in [0.15, 0.2) is 0 Å². The SMILES string of the molecule is O=C(O)COCCC[C@H]1C[C@@H](c2cccc(Oc3ccccc3)c2)C1. The molecule has 0 aromatic heterocycles. The summed E-state index contributed by atoms with van der Waals surface area (Å²) in [6.45, 7) is 0.343. The minimum absolute atomic E-state index is 0.193. The lowest BCUT2D eigenvalue weighted by molar-refractivity contribution is -0.142. The van der Waals surface area contributed by atoms with Crippen molar-refractivity contribution in [3.05, 3.63) is 60.2 Å². The maximum atomic E-state index is 10.4. The molecule has 4 nitrogen and oxygen atoms in total. The number of carbonyl (C=O) groups is 1. The van der Waals surface area contributed by atoms with E-state index in [1.54, 1.807) is 0 Å². The van der Waals surface area contributed by atoms with Crippen LogP contribution in [0.5, 0.6) is 11.5 Å². The Balaban J connectivity index is 1.42. The molecule has 0 saturated heterocycles. The van der Waals surface area contributed by atoms with E-state index < -0.39 is 5.97 Å². The zero-order valence-corrected chi connectivity index (χ0v) is 14.3. The molecule has 3 rings (SSSR count). The Labute approximate surface area is 148 Å². The zero-order valence-electron chi connectivity index (χ0n) is 14.3. The minimum atomic E-state index is -0.902. The lowest BCUT2D eigenvalue weighted by atomic mass is 9.70. The van der Waals surface area contributed by atoms with Crippen LogP contribution in [0, 0.1) is 5.92 Å². The highest BCUT2D eigenvalue weighted by Gasteiger charge is 2.29. The summed E-state index contributed by atoms with van der Waals surface area (Å²) in [6.07, 6.45) is 4.42. The second kappa shape index (κ2) is 8.67. The molecular formula is C21H24O4. The predicted octanol–water partition coefficient (Wildman–Crippen LogP) is 4.85. The average Bonchev–Trinajstić information content (AvgIpc) is 2.57. The van der Waals surface area contributed by atoms with Gasteiger partial charge in [-0.1, -0.05) is 30.3 Å². The minimum Gasteiger partial charge on any atom is -0.480 e. The van der Waals surface area contributed by atoms with Crippen LogP contribution in [0.15, 0.2) is 54.6 Å². The van der Waals surface area contributed by atoms with Gasteiger partial charge in [0.2, 0.25) is 0 Å². The first kappa shape index (κ1) is 17.5. The van der Waals surface area contributed by atoms with E-state index in [0.717, 1.165) is 30.3 Å². The highest BCUT2D eigenvalue weighted by Crippen LogP contribution is 2.44. The van der Waals surface area contributed by atoms with Gasteiger partial charge < -0.3 is 14.6 Å². The second-order valence-electron chi connectivity index (χ2n) is 6.61. The molecule has 0 bridgehead atoms. The van der Waals surface area contributed by atoms with Gasteiger partial charge in [-0.3, -0.25) is 0 Å².